The second kappa shape index (κ2) is 16.3. The maximum absolute atomic E-state index is 13.0. The number of nitrogens with zero attached hydrogens (tertiary/aromatic N) is 6. The lowest BCUT2D eigenvalue weighted by atomic mass is 9.95. The Bertz CT molecular complexity index is 1500. The van der Waals surface area contributed by atoms with Gasteiger partial charge in [-0.1, -0.05) is 27.7 Å². The third-order valence-electron chi connectivity index (χ3n) is 7.80. The lowest BCUT2D eigenvalue weighted by molar-refractivity contribution is -0.175. The van der Waals surface area contributed by atoms with Crippen molar-refractivity contribution in [3.8, 4) is 6.07 Å². The van der Waals surface area contributed by atoms with Crippen LogP contribution in [0.3, 0.4) is 0 Å². The van der Waals surface area contributed by atoms with Crippen molar-refractivity contribution in [2.45, 2.75) is 83.5 Å². The normalized spacial score (nSPS) is 23.8. The van der Waals surface area contributed by atoms with Crippen LogP contribution in [-0.4, -0.2) is 114 Å². The number of aliphatic imine (C=N–C) groups is 1. The molecule has 16 nitrogen and oxygen atoms in total. The quantitative estimate of drug-likeness (QED) is 0.0768. The highest BCUT2D eigenvalue weighted by Crippen LogP contribution is 2.44. The van der Waals surface area contributed by atoms with Gasteiger partial charge in [-0.15, -0.1) is 0 Å². The van der Waals surface area contributed by atoms with Crippen molar-refractivity contribution in [3.05, 3.63) is 24.2 Å². The molecule has 5 atom stereocenters. The van der Waals surface area contributed by atoms with Gasteiger partial charge < -0.3 is 33.3 Å². The first-order valence-corrected chi connectivity index (χ1v) is 16.0. The summed E-state index contributed by atoms with van der Waals surface area (Å²) in [4.78, 5) is 49.1. The highest BCUT2D eigenvalue weighted by Gasteiger charge is 2.61. The molecule has 0 amide bonds. The standard InChI is InChI=1S/C32H45N7O9/c1-19(2)29(40)46-26-25(23-8-9-24-28(35-17-38(6)7)34-16-37-39(23)24)48-32(14-33,27(26)47-30(41)20(3)4)15-44-18-36-21(5)31(42)45-22-10-12-43-13-11-22/h8-9,16-17,19-22,25-27,36H,10-13,15,18H2,1-7H3/b35-17+/t21-,25-,26-,27-,32+/m0/s1. The van der Waals surface area contributed by atoms with Gasteiger partial charge in [0, 0.05) is 26.9 Å². The Morgan fingerprint density at radius 1 is 1.10 bits per heavy atom. The van der Waals surface area contributed by atoms with Gasteiger partial charge in [0.25, 0.3) is 0 Å². The number of esters is 3. The maximum Gasteiger partial charge on any atom is 0.323 e. The number of nitrogens with one attached hydrogen (secondary N) is 1. The summed E-state index contributed by atoms with van der Waals surface area (Å²) in [5.41, 5.74) is -0.996. The fourth-order valence-electron chi connectivity index (χ4n) is 5.03. The van der Waals surface area contributed by atoms with Crippen LogP contribution in [0.1, 0.15) is 59.3 Å². The van der Waals surface area contributed by atoms with Gasteiger partial charge in [-0.3, -0.25) is 19.7 Å². The number of ether oxygens (including phenoxy) is 6. The van der Waals surface area contributed by atoms with E-state index in [9.17, 15) is 19.6 Å². The van der Waals surface area contributed by atoms with E-state index in [0.29, 0.717) is 43.1 Å². The first-order valence-electron chi connectivity index (χ1n) is 16.0. The van der Waals surface area contributed by atoms with Crippen molar-refractivity contribution in [3.63, 3.8) is 0 Å². The Balaban J connectivity index is 1.62. The summed E-state index contributed by atoms with van der Waals surface area (Å²) in [6, 6.07) is 4.85. The number of rotatable bonds is 14. The zero-order valence-corrected chi connectivity index (χ0v) is 28.5. The van der Waals surface area contributed by atoms with E-state index in [0.717, 1.165) is 0 Å². The fraction of sp³-hybridized carbons (Fsp3) is 0.656. The average Bonchev–Trinajstić information content (AvgIpc) is 3.62. The number of aromatic nitrogens is 3. The second-order valence-corrected chi connectivity index (χ2v) is 12.6. The van der Waals surface area contributed by atoms with Gasteiger partial charge in [-0.25, -0.2) is 14.5 Å². The van der Waals surface area contributed by atoms with E-state index in [1.165, 1.54) is 10.8 Å². The molecule has 1 N–H and O–H groups in total. The number of fused-ring (bicyclic) bond motifs is 1. The Morgan fingerprint density at radius 3 is 2.44 bits per heavy atom. The lowest BCUT2D eigenvalue weighted by Gasteiger charge is -2.29. The Morgan fingerprint density at radius 2 is 1.79 bits per heavy atom. The smallest absolute Gasteiger partial charge is 0.323 e. The van der Waals surface area contributed by atoms with Crippen LogP contribution in [0.2, 0.25) is 0 Å². The third-order valence-corrected chi connectivity index (χ3v) is 7.80. The van der Waals surface area contributed by atoms with Gasteiger partial charge in [-0.2, -0.15) is 10.4 Å². The number of nitriles is 1. The van der Waals surface area contributed by atoms with Crippen LogP contribution in [0.5, 0.6) is 0 Å². The number of hydrogen-bond donors (Lipinski definition) is 1. The lowest BCUT2D eigenvalue weighted by Crippen LogP contribution is -2.50. The van der Waals surface area contributed by atoms with E-state index in [2.05, 4.69) is 26.5 Å². The minimum Gasteiger partial charge on any atom is -0.461 e. The van der Waals surface area contributed by atoms with E-state index < -0.39 is 66.3 Å². The summed E-state index contributed by atoms with van der Waals surface area (Å²) in [5, 5.41) is 17.9. The monoisotopic (exact) mass is 671 g/mol. The molecule has 4 heterocycles. The molecule has 2 fully saturated rings. The summed E-state index contributed by atoms with van der Waals surface area (Å²) in [6.45, 7) is 8.75. The van der Waals surface area contributed by atoms with Crippen molar-refractivity contribution < 1.29 is 42.8 Å². The van der Waals surface area contributed by atoms with Crippen LogP contribution in [0.15, 0.2) is 23.5 Å². The molecule has 0 aromatic carbocycles. The molecule has 2 saturated heterocycles. The van der Waals surface area contributed by atoms with E-state index in [4.69, 9.17) is 28.4 Å². The van der Waals surface area contributed by atoms with Crippen LogP contribution in [0.25, 0.3) is 5.52 Å². The van der Waals surface area contributed by atoms with Crippen LogP contribution in [0, 0.1) is 23.2 Å². The zero-order valence-electron chi connectivity index (χ0n) is 28.5. The number of carbonyl (C=O) groups excluding carboxylic acids is 3. The SMILES string of the molecule is CC(C)C(=O)O[C@H]1[C@H](c2ccc3c(/N=C/N(C)C)ncnn23)O[C@](C#N)(COCN[C@@H](C)C(=O)OC2CCOCC2)[C@H]1OC(=O)C(C)C. The van der Waals surface area contributed by atoms with Gasteiger partial charge >= 0.3 is 17.9 Å². The molecule has 262 valence electrons. The molecule has 2 aliphatic rings. The minimum atomic E-state index is -1.92. The van der Waals surface area contributed by atoms with Crippen molar-refractivity contribution in [1.82, 2.24) is 24.8 Å². The van der Waals surface area contributed by atoms with E-state index >= 15 is 0 Å². The molecule has 0 aliphatic carbocycles. The second-order valence-electron chi connectivity index (χ2n) is 12.6. The van der Waals surface area contributed by atoms with Crippen molar-refractivity contribution in [2.24, 2.45) is 16.8 Å². The maximum atomic E-state index is 13.0. The van der Waals surface area contributed by atoms with Crippen LogP contribution >= 0.6 is 0 Å². The summed E-state index contributed by atoms with van der Waals surface area (Å²) in [7, 11) is 3.64. The Kier molecular flexibility index (Phi) is 12.4. The Hall–Kier alpha value is -4.17. The van der Waals surface area contributed by atoms with Crippen LogP contribution < -0.4 is 5.32 Å². The van der Waals surface area contributed by atoms with Gasteiger partial charge in [0.2, 0.25) is 5.60 Å². The topological polar surface area (TPSA) is 188 Å². The molecule has 0 radical (unpaired) electrons. The number of carbonyl (C=O) groups is 3. The molecular weight excluding hydrogens is 626 g/mol. The summed E-state index contributed by atoms with van der Waals surface area (Å²) >= 11 is 0. The summed E-state index contributed by atoms with van der Waals surface area (Å²) in [6.07, 6.45) is 0.192. The first-order chi connectivity index (χ1) is 22.9. The van der Waals surface area contributed by atoms with Crippen molar-refractivity contribution in [1.29, 1.82) is 5.26 Å². The molecule has 16 heteroatoms. The molecule has 0 spiro atoms. The van der Waals surface area contributed by atoms with Gasteiger partial charge in [0.05, 0.1) is 50.4 Å². The number of hydrogen-bond acceptors (Lipinski definition) is 14. The summed E-state index contributed by atoms with van der Waals surface area (Å²) in [5.74, 6) is -2.39. The molecule has 0 saturated carbocycles. The highest BCUT2D eigenvalue weighted by atomic mass is 16.7. The van der Waals surface area contributed by atoms with E-state index in [-0.39, 0.29) is 12.8 Å². The molecule has 4 rings (SSSR count). The van der Waals surface area contributed by atoms with Gasteiger partial charge in [0.15, 0.2) is 18.0 Å². The highest BCUT2D eigenvalue weighted by molar-refractivity contribution is 5.75. The fourth-order valence-corrected chi connectivity index (χ4v) is 5.03. The Labute approximate surface area is 279 Å². The van der Waals surface area contributed by atoms with E-state index in [1.807, 2.05) is 14.1 Å². The summed E-state index contributed by atoms with van der Waals surface area (Å²) < 4.78 is 36.5. The molecular formula is C32H45N7O9. The predicted octanol–water partition coefficient (Wildman–Crippen LogP) is 2.09. The molecule has 2 aromatic rings. The molecule has 0 bridgehead atoms. The first kappa shape index (κ1) is 36.7. The largest absolute Gasteiger partial charge is 0.461 e. The van der Waals surface area contributed by atoms with Crippen molar-refractivity contribution >= 4 is 35.6 Å². The predicted molar refractivity (Wildman–Crippen MR) is 170 cm³/mol. The minimum absolute atomic E-state index is 0.169. The zero-order chi connectivity index (χ0) is 35.0. The third kappa shape index (κ3) is 8.64. The van der Waals surface area contributed by atoms with Crippen LogP contribution in [-0.2, 0) is 42.8 Å². The van der Waals surface area contributed by atoms with Crippen molar-refractivity contribution in [2.75, 3.05) is 40.6 Å². The van der Waals surface area contributed by atoms with Gasteiger partial charge in [-0.05, 0) is 19.1 Å². The molecule has 2 aliphatic heterocycles. The van der Waals surface area contributed by atoms with E-state index in [1.54, 1.807) is 58.0 Å². The molecule has 0 unspecified atom stereocenters. The van der Waals surface area contributed by atoms with Crippen LogP contribution in [0.4, 0.5) is 5.82 Å². The van der Waals surface area contributed by atoms with Gasteiger partial charge in [0.1, 0.15) is 36.2 Å². The molecule has 48 heavy (non-hydrogen) atoms. The molecule has 2 aromatic heterocycles. The average molecular weight is 672 g/mol.